The van der Waals surface area contributed by atoms with E-state index in [-0.39, 0.29) is 36.7 Å². The number of amides is 1. The minimum atomic E-state index is -2.80. The van der Waals surface area contributed by atoms with E-state index < -0.39 is 47.6 Å². The minimum absolute atomic E-state index is 0.101. The molecule has 0 bridgehead atoms. The van der Waals surface area contributed by atoms with Crippen molar-refractivity contribution in [2.24, 2.45) is 11.1 Å². The van der Waals surface area contributed by atoms with Gasteiger partial charge in [-0.15, -0.1) is 0 Å². The van der Waals surface area contributed by atoms with Crippen LogP contribution in [0.4, 0.5) is 17.6 Å². The van der Waals surface area contributed by atoms with Gasteiger partial charge in [-0.05, 0) is 42.5 Å². The SMILES string of the molecule is CC(O)C(=O)N(CCC(N)C(F)F)[C@@H](c1nc(-c2cc(F)ccc2F)nn1Cc1ccccc1)C(C)(C)C. The van der Waals surface area contributed by atoms with Crippen LogP contribution in [0.25, 0.3) is 11.4 Å². The molecule has 3 aromatic rings. The van der Waals surface area contributed by atoms with Crippen LogP contribution in [-0.2, 0) is 11.3 Å². The van der Waals surface area contributed by atoms with Gasteiger partial charge in [0.15, 0.2) is 11.6 Å². The summed E-state index contributed by atoms with van der Waals surface area (Å²) in [6.07, 6.45) is -4.47. The third-order valence-corrected chi connectivity index (χ3v) is 6.09. The number of nitrogens with two attached hydrogens (primary N) is 1. The van der Waals surface area contributed by atoms with Gasteiger partial charge in [0.2, 0.25) is 0 Å². The molecule has 1 heterocycles. The first kappa shape index (κ1) is 29.2. The number of carbonyl (C=O) groups excluding carboxylic acids is 1. The molecule has 3 atom stereocenters. The molecule has 7 nitrogen and oxygen atoms in total. The van der Waals surface area contributed by atoms with Gasteiger partial charge in [-0.1, -0.05) is 51.1 Å². The second kappa shape index (κ2) is 12.0. The highest BCUT2D eigenvalue weighted by Crippen LogP contribution is 2.39. The van der Waals surface area contributed by atoms with Crippen LogP contribution in [0.15, 0.2) is 48.5 Å². The molecule has 11 heteroatoms. The fraction of sp³-hybridized carbons (Fsp3) is 0.444. The highest BCUT2D eigenvalue weighted by atomic mass is 19.3. The molecular formula is C27H33F4N5O2. The van der Waals surface area contributed by atoms with Gasteiger partial charge in [0.25, 0.3) is 12.3 Å². The molecule has 0 radical (unpaired) electrons. The molecule has 2 aromatic carbocycles. The van der Waals surface area contributed by atoms with Gasteiger partial charge in [0.05, 0.1) is 24.2 Å². The zero-order chi connectivity index (χ0) is 28.2. The number of rotatable bonds is 10. The Morgan fingerprint density at radius 2 is 1.79 bits per heavy atom. The van der Waals surface area contributed by atoms with Gasteiger partial charge in [0.1, 0.15) is 17.7 Å². The summed E-state index contributed by atoms with van der Waals surface area (Å²) in [5.74, 6) is -2.00. The smallest absolute Gasteiger partial charge is 0.253 e. The Labute approximate surface area is 219 Å². The number of aromatic nitrogens is 3. The number of alkyl halides is 2. The molecule has 0 saturated carbocycles. The van der Waals surface area contributed by atoms with Crippen LogP contribution in [-0.4, -0.2) is 55.8 Å². The van der Waals surface area contributed by atoms with Gasteiger partial charge < -0.3 is 15.7 Å². The topological polar surface area (TPSA) is 97.3 Å². The lowest BCUT2D eigenvalue weighted by molar-refractivity contribution is -0.145. The number of benzene rings is 2. The quantitative estimate of drug-likeness (QED) is 0.371. The number of aliphatic hydroxyl groups is 1. The lowest BCUT2D eigenvalue weighted by Crippen LogP contribution is -2.48. The summed E-state index contributed by atoms with van der Waals surface area (Å²) in [7, 11) is 0. The first-order valence-corrected chi connectivity index (χ1v) is 12.3. The molecule has 0 aliphatic rings. The fourth-order valence-corrected chi connectivity index (χ4v) is 4.23. The minimum Gasteiger partial charge on any atom is -0.384 e. The first-order valence-electron chi connectivity index (χ1n) is 12.3. The van der Waals surface area contributed by atoms with Crippen LogP contribution >= 0.6 is 0 Å². The van der Waals surface area contributed by atoms with Crippen LogP contribution in [0.2, 0.25) is 0 Å². The summed E-state index contributed by atoms with van der Waals surface area (Å²) in [4.78, 5) is 19.0. The highest BCUT2D eigenvalue weighted by Gasteiger charge is 2.40. The molecule has 0 saturated heterocycles. The molecule has 206 valence electrons. The number of aliphatic hydroxyl groups excluding tert-OH is 1. The van der Waals surface area contributed by atoms with Crippen LogP contribution in [0.5, 0.6) is 0 Å². The number of hydrogen-bond donors (Lipinski definition) is 2. The van der Waals surface area contributed by atoms with E-state index in [9.17, 15) is 27.5 Å². The van der Waals surface area contributed by atoms with Gasteiger partial charge in [-0.3, -0.25) is 4.79 Å². The molecule has 1 amide bonds. The van der Waals surface area contributed by atoms with E-state index in [2.05, 4.69) is 10.1 Å². The largest absolute Gasteiger partial charge is 0.384 e. The van der Waals surface area contributed by atoms with Crippen LogP contribution in [0.1, 0.15) is 51.5 Å². The van der Waals surface area contributed by atoms with E-state index in [0.29, 0.717) is 0 Å². The number of halogens is 4. The van der Waals surface area contributed by atoms with Gasteiger partial charge in [-0.25, -0.2) is 27.2 Å². The zero-order valence-electron chi connectivity index (χ0n) is 21.8. The fourth-order valence-electron chi connectivity index (χ4n) is 4.23. The maximum absolute atomic E-state index is 14.7. The lowest BCUT2D eigenvalue weighted by atomic mass is 9.84. The van der Waals surface area contributed by atoms with E-state index in [1.54, 1.807) is 0 Å². The number of nitrogens with zero attached hydrogens (tertiary/aromatic N) is 4. The van der Waals surface area contributed by atoms with Crippen LogP contribution < -0.4 is 5.73 Å². The highest BCUT2D eigenvalue weighted by molar-refractivity contribution is 5.80. The Balaban J connectivity index is 2.20. The maximum atomic E-state index is 14.7. The average Bonchev–Trinajstić information content (AvgIpc) is 3.24. The van der Waals surface area contributed by atoms with Crippen molar-refractivity contribution in [1.29, 1.82) is 0 Å². The van der Waals surface area contributed by atoms with Crippen LogP contribution in [0.3, 0.4) is 0 Å². The van der Waals surface area contributed by atoms with Crippen molar-refractivity contribution in [1.82, 2.24) is 19.7 Å². The molecule has 2 unspecified atom stereocenters. The predicted octanol–water partition coefficient (Wildman–Crippen LogP) is 4.55. The third kappa shape index (κ3) is 6.96. The monoisotopic (exact) mass is 535 g/mol. The number of hydrogen-bond acceptors (Lipinski definition) is 5. The Bertz CT molecular complexity index is 1230. The molecule has 0 fully saturated rings. The first-order chi connectivity index (χ1) is 17.8. The Morgan fingerprint density at radius 1 is 1.13 bits per heavy atom. The standard InChI is InChI=1S/C27H33F4N5O2/c1-16(37)26(38)35(13-12-21(32)23(30)31)22(27(2,3)4)25-33-24(19-14-18(28)10-11-20(19)29)34-36(25)15-17-8-6-5-7-9-17/h5-11,14,16,21-23,37H,12-13,15,32H2,1-4H3/t16?,21?,22-/m0/s1. The lowest BCUT2D eigenvalue weighted by Gasteiger charge is -2.40. The van der Waals surface area contributed by atoms with E-state index in [1.807, 2.05) is 51.1 Å². The molecule has 1 aromatic heterocycles. The van der Waals surface area contributed by atoms with E-state index in [1.165, 1.54) is 16.5 Å². The van der Waals surface area contributed by atoms with Crippen molar-refractivity contribution >= 4 is 5.91 Å². The zero-order valence-corrected chi connectivity index (χ0v) is 21.8. The summed E-state index contributed by atoms with van der Waals surface area (Å²) < 4.78 is 56.6. The second-order valence-corrected chi connectivity index (χ2v) is 10.3. The van der Waals surface area contributed by atoms with Crippen molar-refractivity contribution in [2.45, 2.75) is 65.3 Å². The molecule has 0 aliphatic carbocycles. The number of carbonyl (C=O) groups is 1. The van der Waals surface area contributed by atoms with Gasteiger partial charge in [0, 0.05) is 6.54 Å². The second-order valence-electron chi connectivity index (χ2n) is 10.3. The van der Waals surface area contributed by atoms with Crippen molar-refractivity contribution in [3.8, 4) is 11.4 Å². The maximum Gasteiger partial charge on any atom is 0.253 e. The third-order valence-electron chi connectivity index (χ3n) is 6.09. The van der Waals surface area contributed by atoms with E-state index >= 15 is 0 Å². The van der Waals surface area contributed by atoms with Crippen molar-refractivity contribution in [3.63, 3.8) is 0 Å². The summed E-state index contributed by atoms with van der Waals surface area (Å²) in [6, 6.07) is 9.74. The van der Waals surface area contributed by atoms with Gasteiger partial charge in [-0.2, -0.15) is 5.10 Å². The predicted molar refractivity (Wildman–Crippen MR) is 135 cm³/mol. The molecular weight excluding hydrogens is 502 g/mol. The summed E-state index contributed by atoms with van der Waals surface area (Å²) in [6.45, 7) is 6.72. The molecule has 3 rings (SSSR count). The average molecular weight is 536 g/mol. The summed E-state index contributed by atoms with van der Waals surface area (Å²) in [5, 5.41) is 14.7. The Kier molecular flexibility index (Phi) is 9.26. The summed E-state index contributed by atoms with van der Waals surface area (Å²) in [5.41, 5.74) is 5.48. The molecule has 3 N–H and O–H groups in total. The van der Waals surface area contributed by atoms with Gasteiger partial charge >= 0.3 is 0 Å². The van der Waals surface area contributed by atoms with E-state index in [0.717, 1.165) is 23.8 Å². The molecule has 0 spiro atoms. The van der Waals surface area contributed by atoms with Crippen molar-refractivity contribution in [2.75, 3.05) is 6.54 Å². The van der Waals surface area contributed by atoms with E-state index in [4.69, 9.17) is 5.73 Å². The summed E-state index contributed by atoms with van der Waals surface area (Å²) >= 11 is 0. The Hall–Kier alpha value is -3.31. The molecule has 0 aliphatic heterocycles. The Morgan fingerprint density at radius 3 is 2.37 bits per heavy atom. The van der Waals surface area contributed by atoms with Crippen LogP contribution in [0, 0.1) is 17.0 Å². The normalized spacial score (nSPS) is 14.4. The molecule has 38 heavy (non-hydrogen) atoms. The van der Waals surface area contributed by atoms with Crippen molar-refractivity contribution < 1.29 is 27.5 Å². The van der Waals surface area contributed by atoms with Crippen molar-refractivity contribution in [3.05, 3.63) is 71.6 Å².